The van der Waals surface area contributed by atoms with Crippen molar-refractivity contribution in [2.45, 2.75) is 0 Å². The van der Waals surface area contributed by atoms with Crippen LogP contribution in [0.3, 0.4) is 0 Å². The maximum Gasteiger partial charge on any atom is 0.355 e. The Bertz CT molecular complexity index is 942. The van der Waals surface area contributed by atoms with Gasteiger partial charge in [-0.15, -0.1) is 0 Å². The smallest absolute Gasteiger partial charge is 0.355 e. The van der Waals surface area contributed by atoms with Gasteiger partial charge in [0.2, 0.25) is 11.6 Å². The molecule has 2 aromatic heterocycles. The highest BCUT2D eigenvalue weighted by Gasteiger charge is 2.24. The summed E-state index contributed by atoms with van der Waals surface area (Å²) < 4.78 is 10.0. The first-order valence-electron chi connectivity index (χ1n) is 7.59. The van der Waals surface area contributed by atoms with Crippen LogP contribution in [0.15, 0.2) is 53.4 Å². The third-order valence-electron chi connectivity index (χ3n) is 3.40. The van der Waals surface area contributed by atoms with Crippen LogP contribution < -0.4 is 20.9 Å². The molecule has 11 heteroatoms. The Morgan fingerprint density at radius 1 is 1.19 bits per heavy atom. The van der Waals surface area contributed by atoms with E-state index in [9.17, 15) is 14.9 Å². The second-order valence-electron chi connectivity index (χ2n) is 5.09. The molecule has 1 amide bonds. The molecule has 1 aromatic carbocycles. The number of nitro groups is 1. The van der Waals surface area contributed by atoms with E-state index in [0.717, 1.165) is 6.33 Å². The minimum Gasteiger partial charge on any atom is -0.497 e. The van der Waals surface area contributed by atoms with Gasteiger partial charge < -0.3 is 14.5 Å². The van der Waals surface area contributed by atoms with Crippen LogP contribution in [0.25, 0.3) is 0 Å². The van der Waals surface area contributed by atoms with Crippen LogP contribution >= 0.6 is 0 Å². The van der Waals surface area contributed by atoms with Crippen LogP contribution in [0.5, 0.6) is 5.75 Å². The summed E-state index contributed by atoms with van der Waals surface area (Å²) in [5, 5.41) is 14.3. The van der Waals surface area contributed by atoms with Crippen LogP contribution in [-0.4, -0.2) is 27.9 Å². The molecule has 0 saturated carbocycles. The molecular weight excluding hydrogens is 356 g/mol. The van der Waals surface area contributed by atoms with Gasteiger partial charge in [-0.25, -0.2) is 9.97 Å². The normalized spacial score (nSPS) is 10.1. The number of hydrazine groups is 1. The van der Waals surface area contributed by atoms with Crippen molar-refractivity contribution in [3.8, 4) is 5.75 Å². The molecule has 0 aliphatic carbocycles. The second kappa shape index (κ2) is 7.82. The van der Waals surface area contributed by atoms with Gasteiger partial charge in [-0.2, -0.15) is 0 Å². The van der Waals surface area contributed by atoms with Gasteiger partial charge in [-0.1, -0.05) is 0 Å². The number of carbonyl (C=O) groups is 1. The summed E-state index contributed by atoms with van der Waals surface area (Å²) in [6.07, 6.45) is 2.46. The monoisotopic (exact) mass is 370 g/mol. The SMILES string of the molecule is COc1ccc(Nc2ncnc(NNC(=O)c3ccco3)c2[N+](=O)[O-])cc1. The Kier molecular flexibility index (Phi) is 5.12. The van der Waals surface area contributed by atoms with Crippen molar-refractivity contribution < 1.29 is 18.9 Å². The summed E-state index contributed by atoms with van der Waals surface area (Å²) in [5.41, 5.74) is 4.82. The van der Waals surface area contributed by atoms with Crippen molar-refractivity contribution >= 4 is 28.9 Å². The van der Waals surface area contributed by atoms with Crippen LogP contribution in [0, 0.1) is 10.1 Å². The van der Waals surface area contributed by atoms with Crippen LogP contribution in [0.2, 0.25) is 0 Å². The number of nitrogens with zero attached hydrogens (tertiary/aromatic N) is 3. The van der Waals surface area contributed by atoms with Gasteiger partial charge in [0.25, 0.3) is 0 Å². The van der Waals surface area contributed by atoms with Crippen molar-refractivity contribution in [3.63, 3.8) is 0 Å². The lowest BCUT2D eigenvalue weighted by atomic mass is 10.3. The van der Waals surface area contributed by atoms with Crippen LogP contribution in [0.1, 0.15) is 10.6 Å². The predicted molar refractivity (Wildman–Crippen MR) is 94.8 cm³/mol. The number of nitrogens with one attached hydrogen (secondary N) is 3. The number of hydrogen-bond donors (Lipinski definition) is 3. The Morgan fingerprint density at radius 3 is 2.56 bits per heavy atom. The van der Waals surface area contributed by atoms with Gasteiger partial charge >= 0.3 is 11.6 Å². The van der Waals surface area contributed by atoms with E-state index in [1.54, 1.807) is 30.3 Å². The molecular formula is C16H14N6O5. The topological polar surface area (TPSA) is 144 Å². The maximum absolute atomic E-state index is 11.9. The highest BCUT2D eigenvalue weighted by Crippen LogP contribution is 2.31. The summed E-state index contributed by atoms with van der Waals surface area (Å²) >= 11 is 0. The van der Waals surface area contributed by atoms with E-state index in [1.165, 1.54) is 19.4 Å². The maximum atomic E-state index is 11.9. The first kappa shape index (κ1) is 17.7. The number of hydrogen-bond acceptors (Lipinski definition) is 9. The lowest BCUT2D eigenvalue weighted by molar-refractivity contribution is -0.383. The molecule has 0 radical (unpaired) electrons. The van der Waals surface area contributed by atoms with Gasteiger partial charge in [0, 0.05) is 5.69 Å². The summed E-state index contributed by atoms with van der Waals surface area (Å²) in [7, 11) is 1.53. The second-order valence-corrected chi connectivity index (χ2v) is 5.09. The average molecular weight is 370 g/mol. The Labute approximate surface area is 152 Å². The molecule has 0 aliphatic rings. The lowest BCUT2D eigenvalue weighted by Gasteiger charge is -2.10. The van der Waals surface area contributed by atoms with Crippen LogP contribution in [0.4, 0.5) is 23.0 Å². The summed E-state index contributed by atoms with van der Waals surface area (Å²) in [5.74, 6) is -0.171. The zero-order valence-electron chi connectivity index (χ0n) is 14.0. The standard InChI is InChI=1S/C16H14N6O5/c1-26-11-6-4-10(5-7-11)19-14-13(22(24)25)15(18-9-17-14)20-21-16(23)12-3-2-8-27-12/h2-9H,1H3,(H,21,23)(H2,17,18,19,20). The molecule has 11 nitrogen and oxygen atoms in total. The molecule has 0 atom stereocenters. The highest BCUT2D eigenvalue weighted by molar-refractivity contribution is 5.92. The Morgan fingerprint density at radius 2 is 1.93 bits per heavy atom. The molecule has 0 saturated heterocycles. The molecule has 0 fully saturated rings. The molecule has 3 N–H and O–H groups in total. The fraction of sp³-hybridized carbons (Fsp3) is 0.0625. The fourth-order valence-corrected chi connectivity index (χ4v) is 2.13. The van der Waals surface area contributed by atoms with E-state index >= 15 is 0 Å². The van der Waals surface area contributed by atoms with Gasteiger partial charge in [0.05, 0.1) is 18.3 Å². The molecule has 0 aliphatic heterocycles. The van der Waals surface area contributed by atoms with Gasteiger partial charge in [-0.05, 0) is 36.4 Å². The number of benzene rings is 1. The van der Waals surface area contributed by atoms with Crippen molar-refractivity contribution in [1.29, 1.82) is 0 Å². The number of aromatic nitrogens is 2. The highest BCUT2D eigenvalue weighted by atomic mass is 16.6. The molecule has 0 spiro atoms. The zero-order chi connectivity index (χ0) is 19.2. The van der Waals surface area contributed by atoms with E-state index in [0.29, 0.717) is 11.4 Å². The number of carbonyl (C=O) groups excluding carboxylic acids is 1. The number of amides is 1. The quantitative estimate of drug-likeness (QED) is 0.422. The molecule has 0 bridgehead atoms. The van der Waals surface area contributed by atoms with E-state index in [1.807, 2.05) is 0 Å². The van der Waals surface area contributed by atoms with E-state index < -0.39 is 16.5 Å². The Hall–Kier alpha value is -4.15. The van der Waals surface area contributed by atoms with E-state index in [2.05, 4.69) is 26.1 Å². The fourth-order valence-electron chi connectivity index (χ4n) is 2.13. The average Bonchev–Trinajstić information content (AvgIpc) is 3.21. The number of furan rings is 1. The summed E-state index contributed by atoms with van der Waals surface area (Å²) in [6.45, 7) is 0. The number of anilines is 3. The summed E-state index contributed by atoms with van der Waals surface area (Å²) in [4.78, 5) is 30.5. The third kappa shape index (κ3) is 4.10. The van der Waals surface area contributed by atoms with Crippen molar-refractivity contribution in [2.24, 2.45) is 0 Å². The summed E-state index contributed by atoms with van der Waals surface area (Å²) in [6, 6.07) is 9.73. The van der Waals surface area contributed by atoms with Crippen molar-refractivity contribution in [1.82, 2.24) is 15.4 Å². The largest absolute Gasteiger partial charge is 0.497 e. The Balaban J connectivity index is 1.81. The van der Waals surface area contributed by atoms with Gasteiger partial charge in [-0.3, -0.25) is 25.8 Å². The molecule has 2 heterocycles. The predicted octanol–water partition coefficient (Wildman–Crippen LogP) is 2.49. The molecule has 138 valence electrons. The van der Waals surface area contributed by atoms with Gasteiger partial charge in [0.1, 0.15) is 12.1 Å². The lowest BCUT2D eigenvalue weighted by Crippen LogP contribution is -2.30. The molecule has 3 rings (SSSR count). The van der Waals surface area contributed by atoms with E-state index in [-0.39, 0.29) is 17.4 Å². The van der Waals surface area contributed by atoms with Gasteiger partial charge in [0.15, 0.2) is 5.76 Å². The molecule has 3 aromatic rings. The molecule has 27 heavy (non-hydrogen) atoms. The zero-order valence-corrected chi connectivity index (χ0v) is 14.0. The van der Waals surface area contributed by atoms with Crippen molar-refractivity contribution in [2.75, 3.05) is 17.9 Å². The number of methoxy groups -OCH3 is 1. The molecule has 0 unspecified atom stereocenters. The first-order chi connectivity index (χ1) is 13.1. The number of ether oxygens (including phenoxy) is 1. The third-order valence-corrected chi connectivity index (χ3v) is 3.40. The van der Waals surface area contributed by atoms with Crippen LogP contribution in [-0.2, 0) is 0 Å². The van der Waals surface area contributed by atoms with Crippen molar-refractivity contribution in [3.05, 3.63) is 64.9 Å². The minimum atomic E-state index is -0.659. The minimum absolute atomic E-state index is 0.0378. The van der Waals surface area contributed by atoms with E-state index in [4.69, 9.17) is 9.15 Å². The first-order valence-corrected chi connectivity index (χ1v) is 7.59. The number of rotatable bonds is 7.